The van der Waals surface area contributed by atoms with Crippen LogP contribution in [0.15, 0.2) is 54.6 Å². The molecule has 0 saturated heterocycles. The largest absolute Gasteiger partial charge is 0.493 e. The summed E-state index contributed by atoms with van der Waals surface area (Å²) in [6.45, 7) is 6.48. The minimum Gasteiger partial charge on any atom is -0.493 e. The molecular weight excluding hydrogens is 438 g/mol. The Morgan fingerprint density at radius 3 is 2.40 bits per heavy atom. The van der Waals surface area contributed by atoms with Crippen LogP contribution in [-0.4, -0.2) is 31.4 Å². The fourth-order valence-corrected chi connectivity index (χ4v) is 5.59. The molecule has 5 rings (SSSR count). The van der Waals surface area contributed by atoms with Gasteiger partial charge in [0.15, 0.2) is 11.5 Å². The van der Waals surface area contributed by atoms with Gasteiger partial charge in [0.2, 0.25) is 0 Å². The average molecular weight is 470 g/mol. The third kappa shape index (κ3) is 3.57. The van der Waals surface area contributed by atoms with Crippen molar-refractivity contribution in [3.63, 3.8) is 0 Å². The van der Waals surface area contributed by atoms with E-state index in [4.69, 9.17) is 14.2 Å². The van der Waals surface area contributed by atoms with Gasteiger partial charge in [-0.2, -0.15) is 0 Å². The highest BCUT2D eigenvalue weighted by atomic mass is 16.5. The Labute approximate surface area is 206 Å². The van der Waals surface area contributed by atoms with Gasteiger partial charge in [-0.25, -0.2) is 4.79 Å². The summed E-state index contributed by atoms with van der Waals surface area (Å²) in [4.78, 5) is 13.7. The van der Waals surface area contributed by atoms with Gasteiger partial charge in [-0.1, -0.05) is 49.4 Å². The molecule has 180 valence electrons. The van der Waals surface area contributed by atoms with Crippen molar-refractivity contribution in [2.24, 2.45) is 0 Å². The zero-order valence-electron chi connectivity index (χ0n) is 21.0. The number of fused-ring (bicyclic) bond motifs is 4. The smallest absolute Gasteiger partial charge is 0.340 e. The Morgan fingerprint density at radius 2 is 1.69 bits per heavy atom. The molecule has 0 fully saturated rings. The van der Waals surface area contributed by atoms with Gasteiger partial charge in [-0.3, -0.25) is 0 Å². The van der Waals surface area contributed by atoms with Crippen LogP contribution in [0.2, 0.25) is 0 Å². The molecule has 5 heteroatoms. The summed E-state index contributed by atoms with van der Waals surface area (Å²) < 4.78 is 19.2. The fourth-order valence-electron chi connectivity index (χ4n) is 5.59. The van der Waals surface area contributed by atoms with Crippen molar-refractivity contribution in [1.82, 2.24) is 4.57 Å². The lowest BCUT2D eigenvalue weighted by molar-refractivity contribution is 0.0528. The van der Waals surface area contributed by atoms with Gasteiger partial charge in [0.05, 0.1) is 32.1 Å². The van der Waals surface area contributed by atoms with E-state index >= 15 is 0 Å². The zero-order valence-corrected chi connectivity index (χ0v) is 21.0. The van der Waals surface area contributed by atoms with Gasteiger partial charge in [0.25, 0.3) is 0 Å². The first-order chi connectivity index (χ1) is 17.0. The number of ether oxygens (including phenoxy) is 3. The predicted octanol–water partition coefficient (Wildman–Crippen LogP) is 6.98. The molecule has 0 saturated carbocycles. The first-order valence-electron chi connectivity index (χ1n) is 12.2. The lowest BCUT2D eigenvalue weighted by atomic mass is 9.89. The summed E-state index contributed by atoms with van der Waals surface area (Å²) >= 11 is 0. The molecule has 0 aliphatic carbocycles. The normalized spacial score (nSPS) is 14.4. The van der Waals surface area contributed by atoms with E-state index in [-0.39, 0.29) is 12.0 Å². The molecule has 3 aromatic carbocycles. The van der Waals surface area contributed by atoms with Crippen LogP contribution < -0.4 is 9.47 Å². The molecule has 0 N–H and O–H groups in total. The first-order valence-corrected chi connectivity index (χ1v) is 12.2. The first kappa shape index (κ1) is 23.0. The highest BCUT2D eigenvalue weighted by Gasteiger charge is 2.35. The van der Waals surface area contributed by atoms with Gasteiger partial charge in [0.1, 0.15) is 0 Å². The summed E-state index contributed by atoms with van der Waals surface area (Å²) in [5.41, 5.74) is 6.72. The summed E-state index contributed by atoms with van der Waals surface area (Å²) in [5, 5.41) is 2.26. The second-order valence-electron chi connectivity index (χ2n) is 8.93. The highest BCUT2D eigenvalue weighted by Crippen LogP contribution is 2.49. The number of hydrogen-bond donors (Lipinski definition) is 0. The number of methoxy groups -OCH3 is 2. The van der Waals surface area contributed by atoms with Gasteiger partial charge in [-0.05, 0) is 60.7 Å². The Balaban J connectivity index is 1.91. The zero-order chi connectivity index (χ0) is 24.7. The predicted molar refractivity (Wildman–Crippen MR) is 140 cm³/mol. The van der Waals surface area contributed by atoms with Crippen molar-refractivity contribution in [2.45, 2.75) is 39.7 Å². The van der Waals surface area contributed by atoms with Crippen LogP contribution in [0.4, 0.5) is 0 Å². The lowest BCUT2D eigenvalue weighted by Gasteiger charge is -2.30. The minimum absolute atomic E-state index is 0.215. The van der Waals surface area contributed by atoms with Crippen molar-refractivity contribution in [2.75, 3.05) is 20.8 Å². The van der Waals surface area contributed by atoms with Crippen LogP contribution in [0.3, 0.4) is 0 Å². The van der Waals surface area contributed by atoms with Crippen LogP contribution >= 0.6 is 0 Å². The van der Waals surface area contributed by atoms with Crippen molar-refractivity contribution in [3.8, 4) is 33.9 Å². The molecule has 0 amide bonds. The summed E-state index contributed by atoms with van der Waals surface area (Å²) in [6, 6.07) is 18.8. The van der Waals surface area contributed by atoms with Gasteiger partial charge < -0.3 is 18.8 Å². The minimum atomic E-state index is -0.301. The standard InChI is InChI=1S/C30H31NO4/c1-6-21-15-20-16-25(33-4)26(34-5)17-24(20)29-28(30(32)35-7-2)27(18(3)31(21)29)23-14-10-12-19-11-8-9-13-22(19)23/h8-14,16-17,21H,6-7,15H2,1-5H3. The van der Waals surface area contributed by atoms with Crippen LogP contribution in [0.1, 0.15) is 47.9 Å². The number of hydrogen-bond acceptors (Lipinski definition) is 4. The quantitative estimate of drug-likeness (QED) is 0.286. The van der Waals surface area contributed by atoms with Crippen LogP contribution in [-0.2, 0) is 11.2 Å². The number of carbonyl (C=O) groups excluding carboxylic acids is 1. The van der Waals surface area contributed by atoms with E-state index in [1.165, 1.54) is 0 Å². The number of carbonyl (C=O) groups is 1. The van der Waals surface area contributed by atoms with E-state index in [1.807, 2.05) is 25.1 Å². The molecule has 5 nitrogen and oxygen atoms in total. The number of rotatable bonds is 6. The maximum Gasteiger partial charge on any atom is 0.340 e. The van der Waals surface area contributed by atoms with Crippen molar-refractivity contribution < 1.29 is 19.0 Å². The second kappa shape index (κ2) is 9.14. The molecule has 1 aliphatic heterocycles. The average Bonchev–Trinajstić information content (AvgIpc) is 3.20. The van der Waals surface area contributed by atoms with Crippen LogP contribution in [0, 0.1) is 6.92 Å². The molecule has 1 atom stereocenters. The van der Waals surface area contributed by atoms with Crippen molar-refractivity contribution in [3.05, 3.63) is 71.4 Å². The molecule has 0 spiro atoms. The number of nitrogens with zero attached hydrogens (tertiary/aromatic N) is 1. The third-order valence-electron chi connectivity index (χ3n) is 7.15. The van der Waals surface area contributed by atoms with Crippen molar-refractivity contribution in [1.29, 1.82) is 0 Å². The molecule has 0 radical (unpaired) electrons. The molecule has 0 bridgehead atoms. The Morgan fingerprint density at radius 1 is 0.971 bits per heavy atom. The van der Waals surface area contributed by atoms with Gasteiger partial charge >= 0.3 is 5.97 Å². The summed E-state index contributed by atoms with van der Waals surface area (Å²) in [7, 11) is 3.29. The molecule has 4 aromatic rings. The number of aromatic nitrogens is 1. The third-order valence-corrected chi connectivity index (χ3v) is 7.15. The van der Waals surface area contributed by atoms with E-state index in [0.717, 1.165) is 57.3 Å². The number of esters is 1. The Kier molecular flexibility index (Phi) is 6.01. The van der Waals surface area contributed by atoms with E-state index in [9.17, 15) is 4.79 Å². The van der Waals surface area contributed by atoms with Gasteiger partial charge in [-0.15, -0.1) is 0 Å². The second-order valence-corrected chi connectivity index (χ2v) is 8.93. The molecule has 1 aromatic heterocycles. The maximum atomic E-state index is 13.7. The Bertz CT molecular complexity index is 1430. The van der Waals surface area contributed by atoms with Crippen molar-refractivity contribution >= 4 is 16.7 Å². The maximum absolute atomic E-state index is 13.7. The number of benzene rings is 3. The monoisotopic (exact) mass is 469 g/mol. The van der Waals surface area contributed by atoms with E-state index in [0.29, 0.717) is 23.7 Å². The highest BCUT2D eigenvalue weighted by molar-refractivity contribution is 6.09. The van der Waals surface area contributed by atoms with E-state index in [2.05, 4.69) is 54.8 Å². The van der Waals surface area contributed by atoms with Crippen LogP contribution in [0.25, 0.3) is 33.2 Å². The molecule has 35 heavy (non-hydrogen) atoms. The van der Waals surface area contributed by atoms with E-state index < -0.39 is 0 Å². The topological polar surface area (TPSA) is 49.7 Å². The summed E-state index contributed by atoms with van der Waals surface area (Å²) in [5.74, 6) is 1.04. The van der Waals surface area contributed by atoms with E-state index in [1.54, 1.807) is 14.2 Å². The van der Waals surface area contributed by atoms with Crippen LogP contribution in [0.5, 0.6) is 11.5 Å². The molecule has 1 aliphatic rings. The summed E-state index contributed by atoms with van der Waals surface area (Å²) in [6.07, 6.45) is 1.79. The Hall–Kier alpha value is -3.73. The fraction of sp³-hybridized carbons (Fsp3) is 0.300. The van der Waals surface area contributed by atoms with Gasteiger partial charge in [0, 0.05) is 22.9 Å². The molecular formula is C30H31NO4. The lowest BCUT2D eigenvalue weighted by Crippen LogP contribution is -2.20. The SMILES string of the molecule is CCOC(=O)c1c(-c2cccc3ccccc23)c(C)n2c1-c1cc(OC)c(OC)cc1CC2CC. The molecule has 1 unspecified atom stereocenters. The molecule has 2 heterocycles.